The van der Waals surface area contributed by atoms with Crippen molar-refractivity contribution in [3.8, 4) is 11.3 Å². The van der Waals surface area contributed by atoms with Crippen molar-refractivity contribution < 1.29 is 14.1 Å². The molecule has 1 aliphatic heterocycles. The van der Waals surface area contributed by atoms with Crippen LogP contribution in [0.15, 0.2) is 40.9 Å². The number of ketones is 1. The van der Waals surface area contributed by atoms with Crippen LogP contribution in [0.25, 0.3) is 21.5 Å². The molecule has 0 radical (unpaired) electrons. The summed E-state index contributed by atoms with van der Waals surface area (Å²) in [6.45, 7) is 3.88. The zero-order valence-electron chi connectivity index (χ0n) is 21.0. The number of thiazole rings is 1. The van der Waals surface area contributed by atoms with Crippen LogP contribution in [0, 0.1) is 11.8 Å². The molecule has 6 nitrogen and oxygen atoms in total. The first-order valence-electron chi connectivity index (χ1n) is 13.2. The van der Waals surface area contributed by atoms with E-state index in [4.69, 9.17) is 37.4 Å². The third-order valence-corrected chi connectivity index (χ3v) is 9.90. The molecule has 9 heteroatoms. The lowest BCUT2D eigenvalue weighted by Crippen LogP contribution is -2.46. The Bertz CT molecular complexity index is 1510. The molecule has 0 N–H and O–H groups in total. The molecule has 0 amide bonds. The van der Waals surface area contributed by atoms with E-state index in [-0.39, 0.29) is 11.9 Å². The van der Waals surface area contributed by atoms with E-state index in [2.05, 4.69) is 10.1 Å². The average Bonchev–Trinajstić information content (AvgIpc) is 3.44. The van der Waals surface area contributed by atoms with Gasteiger partial charge in [0.1, 0.15) is 11.5 Å². The van der Waals surface area contributed by atoms with Crippen LogP contribution in [-0.4, -0.2) is 35.1 Å². The Balaban J connectivity index is 1.10. The number of hydrogen-bond donors (Lipinski definition) is 0. The van der Waals surface area contributed by atoms with Crippen LogP contribution in [0.1, 0.15) is 60.2 Å². The predicted molar refractivity (Wildman–Crippen MR) is 151 cm³/mol. The normalized spacial score (nSPS) is 22.9. The minimum Gasteiger partial charge on any atom is -0.373 e. The third kappa shape index (κ3) is 4.34. The van der Waals surface area contributed by atoms with Crippen LogP contribution in [0.2, 0.25) is 10.0 Å². The number of Topliss-reactive ketones (excluding diaryl/α,β-unsaturated/α-hetero) is 1. The number of benzene rings is 2. The molecule has 0 spiro atoms. The number of piperidine rings is 1. The Morgan fingerprint density at radius 2 is 1.84 bits per heavy atom. The Hall–Kier alpha value is -2.45. The van der Waals surface area contributed by atoms with E-state index in [9.17, 15) is 4.79 Å². The summed E-state index contributed by atoms with van der Waals surface area (Å²) in [6.07, 6.45) is 4.69. The first kappa shape index (κ1) is 24.6. The van der Waals surface area contributed by atoms with Gasteiger partial charge in [-0.3, -0.25) is 4.79 Å². The van der Waals surface area contributed by atoms with Gasteiger partial charge in [-0.2, -0.15) is 0 Å². The minimum atomic E-state index is 0.0792. The van der Waals surface area contributed by atoms with E-state index in [0.717, 1.165) is 71.0 Å². The van der Waals surface area contributed by atoms with Gasteiger partial charge in [-0.25, -0.2) is 4.98 Å². The first-order chi connectivity index (χ1) is 18.5. The molecule has 2 bridgehead atoms. The standard InChI is InChI=1S/C29H27Cl2N3O3S/c1-15(35)17-9-10-23-24(11-17)38-29(32-23)34-12-18-7-8-19(13-34)27(18)36-14-20-26(33-37-28(20)16-5-6-16)25-21(30)3-2-4-22(25)31/h2-4,9-11,16,18-19,27H,5-8,12-14H2,1H3. The smallest absolute Gasteiger partial charge is 0.186 e. The summed E-state index contributed by atoms with van der Waals surface area (Å²) in [5.74, 6) is 2.27. The van der Waals surface area contributed by atoms with Crippen molar-refractivity contribution in [3.63, 3.8) is 0 Å². The quantitative estimate of drug-likeness (QED) is 0.212. The second-order valence-electron chi connectivity index (χ2n) is 10.8. The summed E-state index contributed by atoms with van der Waals surface area (Å²) < 4.78 is 13.6. The maximum Gasteiger partial charge on any atom is 0.186 e. The number of carbonyl (C=O) groups is 1. The van der Waals surface area contributed by atoms with Crippen molar-refractivity contribution in [2.75, 3.05) is 18.0 Å². The van der Waals surface area contributed by atoms with Crippen LogP contribution >= 0.6 is 34.5 Å². The lowest BCUT2D eigenvalue weighted by molar-refractivity contribution is -0.0179. The molecule has 196 valence electrons. The molecule has 3 fully saturated rings. The second kappa shape index (κ2) is 9.63. The molecule has 1 saturated heterocycles. The van der Waals surface area contributed by atoms with Gasteiger partial charge in [-0.15, -0.1) is 0 Å². The van der Waals surface area contributed by atoms with Crippen molar-refractivity contribution in [1.29, 1.82) is 0 Å². The summed E-state index contributed by atoms with van der Waals surface area (Å²) in [4.78, 5) is 19.1. The molecule has 38 heavy (non-hydrogen) atoms. The van der Waals surface area contributed by atoms with Crippen LogP contribution in [0.4, 0.5) is 5.13 Å². The summed E-state index contributed by atoms with van der Waals surface area (Å²) in [5, 5.41) is 6.57. The van der Waals surface area contributed by atoms with Gasteiger partial charge >= 0.3 is 0 Å². The average molecular weight is 569 g/mol. The molecule has 3 heterocycles. The molecule has 3 aliphatic rings. The number of fused-ring (bicyclic) bond motifs is 3. The highest BCUT2D eigenvalue weighted by Gasteiger charge is 2.44. The van der Waals surface area contributed by atoms with Crippen LogP contribution in [0.3, 0.4) is 0 Å². The number of ether oxygens (including phenoxy) is 1. The maximum absolute atomic E-state index is 11.8. The number of rotatable bonds is 7. The van der Waals surface area contributed by atoms with E-state index in [1.165, 1.54) is 0 Å². The monoisotopic (exact) mass is 567 g/mol. The van der Waals surface area contributed by atoms with Gasteiger partial charge in [0.25, 0.3) is 0 Å². The minimum absolute atomic E-state index is 0.0792. The lowest BCUT2D eigenvalue weighted by Gasteiger charge is -2.37. The summed E-state index contributed by atoms with van der Waals surface area (Å²) >= 11 is 14.7. The summed E-state index contributed by atoms with van der Waals surface area (Å²) in [6, 6.07) is 11.3. The summed E-state index contributed by atoms with van der Waals surface area (Å²) in [5.41, 5.74) is 4.08. The molecule has 2 aliphatic carbocycles. The third-order valence-electron chi connectivity index (χ3n) is 8.19. The number of carbonyl (C=O) groups excluding carboxylic acids is 1. The lowest BCUT2D eigenvalue weighted by atomic mass is 9.95. The number of halogens is 2. The zero-order valence-corrected chi connectivity index (χ0v) is 23.3. The fourth-order valence-electron chi connectivity index (χ4n) is 6.10. The Kier molecular flexibility index (Phi) is 6.23. The van der Waals surface area contributed by atoms with Gasteiger partial charge in [-0.05, 0) is 62.9 Å². The van der Waals surface area contributed by atoms with Crippen LogP contribution in [0.5, 0.6) is 0 Å². The number of hydrogen-bond acceptors (Lipinski definition) is 7. The van der Waals surface area contributed by atoms with Crippen molar-refractivity contribution >= 4 is 55.7 Å². The van der Waals surface area contributed by atoms with Crippen LogP contribution < -0.4 is 4.90 Å². The predicted octanol–water partition coefficient (Wildman–Crippen LogP) is 7.77. The topological polar surface area (TPSA) is 68.5 Å². The second-order valence-corrected chi connectivity index (χ2v) is 12.6. The molecular formula is C29H27Cl2N3O3S. The maximum atomic E-state index is 11.8. The highest BCUT2D eigenvalue weighted by molar-refractivity contribution is 7.22. The van der Waals surface area contributed by atoms with Crippen molar-refractivity contribution in [2.24, 2.45) is 11.8 Å². The van der Waals surface area contributed by atoms with Crippen LogP contribution in [-0.2, 0) is 11.3 Å². The van der Waals surface area contributed by atoms with Gasteiger partial charge in [0.2, 0.25) is 0 Å². The molecule has 2 atom stereocenters. The van der Waals surface area contributed by atoms with Crippen molar-refractivity contribution in [3.05, 3.63) is 63.3 Å². The van der Waals surface area contributed by atoms with E-state index in [0.29, 0.717) is 45.7 Å². The molecule has 4 aromatic rings. The fourth-order valence-corrected chi connectivity index (χ4v) is 7.69. The Labute approximate surface area is 234 Å². The van der Waals surface area contributed by atoms with Gasteiger partial charge in [0.15, 0.2) is 10.9 Å². The Morgan fingerprint density at radius 3 is 2.53 bits per heavy atom. The summed E-state index contributed by atoms with van der Waals surface area (Å²) in [7, 11) is 0. The first-order valence-corrected chi connectivity index (χ1v) is 14.7. The molecule has 2 unspecified atom stereocenters. The zero-order chi connectivity index (χ0) is 26.0. The van der Waals surface area contributed by atoms with Gasteiger partial charge in [0.05, 0.1) is 33.0 Å². The molecule has 7 rings (SSSR count). The van der Waals surface area contributed by atoms with E-state index in [1.807, 2.05) is 36.4 Å². The highest BCUT2D eigenvalue weighted by Crippen LogP contribution is 2.47. The number of aromatic nitrogens is 2. The van der Waals surface area contributed by atoms with E-state index >= 15 is 0 Å². The van der Waals surface area contributed by atoms with Gasteiger partial charge in [0, 0.05) is 47.5 Å². The SMILES string of the molecule is CC(=O)c1ccc2nc(N3CC4CCC(C3)C4OCc3c(-c4c(Cl)cccc4Cl)noc3C3CC3)sc2c1. The largest absolute Gasteiger partial charge is 0.373 e. The Morgan fingerprint density at radius 1 is 1.11 bits per heavy atom. The number of anilines is 1. The molecular weight excluding hydrogens is 541 g/mol. The van der Waals surface area contributed by atoms with E-state index in [1.54, 1.807) is 18.3 Å². The highest BCUT2D eigenvalue weighted by atomic mass is 35.5. The fraction of sp³-hybridized carbons (Fsp3) is 0.414. The molecule has 2 aromatic carbocycles. The van der Waals surface area contributed by atoms with Crippen molar-refractivity contribution in [1.82, 2.24) is 10.1 Å². The molecule has 2 saturated carbocycles. The van der Waals surface area contributed by atoms with Gasteiger partial charge < -0.3 is 14.2 Å². The van der Waals surface area contributed by atoms with Crippen molar-refractivity contribution in [2.45, 2.75) is 51.2 Å². The molecule has 2 aromatic heterocycles. The number of nitrogens with zero attached hydrogens (tertiary/aromatic N) is 3. The van der Waals surface area contributed by atoms with E-state index < -0.39 is 0 Å². The van der Waals surface area contributed by atoms with Gasteiger partial charge in [-0.1, -0.05) is 45.8 Å².